The molecule has 1 aromatic rings. The van der Waals surface area contributed by atoms with E-state index in [1.54, 1.807) is 0 Å². The molecule has 0 aromatic carbocycles. The molecule has 1 aliphatic heterocycles. The quantitative estimate of drug-likeness (QED) is 0.834. The van der Waals surface area contributed by atoms with E-state index in [1.165, 1.54) is 25.7 Å². The van der Waals surface area contributed by atoms with Gasteiger partial charge >= 0.3 is 0 Å². The second-order valence-corrected chi connectivity index (χ2v) is 7.99. The van der Waals surface area contributed by atoms with Crippen LogP contribution in [0, 0.1) is 17.8 Å². The van der Waals surface area contributed by atoms with Crippen molar-refractivity contribution in [2.45, 2.75) is 51.1 Å². The van der Waals surface area contributed by atoms with Crippen molar-refractivity contribution in [1.82, 2.24) is 14.8 Å². The molecule has 4 rings (SSSR count). The summed E-state index contributed by atoms with van der Waals surface area (Å²) in [6.45, 7) is 2.79. The molecule has 3 atom stereocenters. The second-order valence-electron chi connectivity index (χ2n) is 7.99. The van der Waals surface area contributed by atoms with Gasteiger partial charge in [0.05, 0.1) is 5.69 Å². The zero-order valence-corrected chi connectivity index (χ0v) is 14.7. The number of hydrogen-bond acceptors (Lipinski definition) is 3. The minimum Gasteiger partial charge on any atom is -0.342 e. The molecule has 3 fully saturated rings. The molecule has 0 radical (unpaired) electrons. The minimum absolute atomic E-state index is 0.375. The largest absolute Gasteiger partial charge is 0.342 e. The van der Waals surface area contributed by atoms with Crippen molar-refractivity contribution < 1.29 is 4.79 Å². The number of pyridine rings is 1. The predicted octanol–water partition coefficient (Wildman–Crippen LogP) is 2.94. The second kappa shape index (κ2) is 6.83. The Bertz CT molecular complexity index is 572. The lowest BCUT2D eigenvalue weighted by molar-refractivity contribution is -0.133. The van der Waals surface area contributed by atoms with E-state index in [2.05, 4.69) is 34.0 Å². The van der Waals surface area contributed by atoms with Crippen molar-refractivity contribution in [3.63, 3.8) is 0 Å². The average molecular weight is 327 g/mol. The molecule has 2 saturated carbocycles. The molecule has 24 heavy (non-hydrogen) atoms. The van der Waals surface area contributed by atoms with Gasteiger partial charge in [-0.3, -0.25) is 14.7 Å². The summed E-state index contributed by atoms with van der Waals surface area (Å²) in [5.41, 5.74) is 1.13. The van der Waals surface area contributed by atoms with Gasteiger partial charge in [-0.1, -0.05) is 6.07 Å². The van der Waals surface area contributed by atoms with Crippen LogP contribution in [0.5, 0.6) is 0 Å². The van der Waals surface area contributed by atoms with Crippen LogP contribution in [0.4, 0.5) is 0 Å². The number of likely N-dealkylation sites (tertiary alicyclic amines) is 1. The summed E-state index contributed by atoms with van der Waals surface area (Å²) in [6.07, 6.45) is 9.18. The highest BCUT2D eigenvalue weighted by atomic mass is 16.2. The Labute approximate surface area is 145 Å². The highest BCUT2D eigenvalue weighted by Crippen LogP contribution is 2.55. The predicted molar refractivity (Wildman–Crippen MR) is 94.2 cm³/mol. The summed E-state index contributed by atoms with van der Waals surface area (Å²) in [7, 11) is 2.20. The smallest absolute Gasteiger partial charge is 0.225 e. The van der Waals surface area contributed by atoms with E-state index >= 15 is 0 Å². The summed E-state index contributed by atoms with van der Waals surface area (Å²) in [4.78, 5) is 21.7. The Morgan fingerprint density at radius 1 is 1.25 bits per heavy atom. The number of amides is 1. The minimum atomic E-state index is 0.375. The summed E-state index contributed by atoms with van der Waals surface area (Å²) < 4.78 is 0. The van der Waals surface area contributed by atoms with Crippen molar-refractivity contribution in [3.8, 4) is 0 Å². The molecule has 2 heterocycles. The lowest BCUT2D eigenvalue weighted by Crippen LogP contribution is -2.36. The van der Waals surface area contributed by atoms with Crippen LogP contribution in [0.25, 0.3) is 0 Å². The molecule has 0 N–H and O–H groups in total. The van der Waals surface area contributed by atoms with Gasteiger partial charge in [0.1, 0.15) is 0 Å². The van der Waals surface area contributed by atoms with E-state index in [-0.39, 0.29) is 0 Å². The van der Waals surface area contributed by atoms with Crippen LogP contribution < -0.4 is 0 Å². The van der Waals surface area contributed by atoms with Crippen molar-refractivity contribution in [3.05, 3.63) is 30.1 Å². The molecule has 130 valence electrons. The molecule has 1 amide bonds. The van der Waals surface area contributed by atoms with Gasteiger partial charge in [-0.15, -0.1) is 0 Å². The molecule has 3 aliphatic rings. The van der Waals surface area contributed by atoms with E-state index in [1.807, 2.05) is 12.3 Å². The molecular formula is C20H29N3O. The number of aromatic nitrogens is 1. The van der Waals surface area contributed by atoms with E-state index < -0.39 is 0 Å². The van der Waals surface area contributed by atoms with Crippen molar-refractivity contribution >= 4 is 5.91 Å². The third-order valence-corrected chi connectivity index (χ3v) is 6.15. The topological polar surface area (TPSA) is 36.4 Å². The van der Waals surface area contributed by atoms with Crippen molar-refractivity contribution in [2.75, 3.05) is 20.1 Å². The molecule has 2 aliphatic carbocycles. The van der Waals surface area contributed by atoms with Crippen LogP contribution in [0.15, 0.2) is 24.4 Å². The van der Waals surface area contributed by atoms with Gasteiger partial charge in [0, 0.05) is 37.8 Å². The highest BCUT2D eigenvalue weighted by molar-refractivity contribution is 5.81. The Morgan fingerprint density at radius 3 is 2.88 bits per heavy atom. The van der Waals surface area contributed by atoms with Crippen molar-refractivity contribution in [2.24, 2.45) is 17.8 Å². The average Bonchev–Trinajstić information content (AvgIpc) is 3.48. The number of carbonyl (C=O) groups is 1. The molecule has 0 spiro atoms. The highest BCUT2D eigenvalue weighted by Gasteiger charge is 2.52. The van der Waals surface area contributed by atoms with Crippen LogP contribution in [-0.2, 0) is 11.3 Å². The zero-order chi connectivity index (χ0) is 16.5. The maximum Gasteiger partial charge on any atom is 0.225 e. The Hall–Kier alpha value is -1.42. The Balaban J connectivity index is 1.28. The van der Waals surface area contributed by atoms with Crippen LogP contribution >= 0.6 is 0 Å². The molecular weight excluding hydrogens is 298 g/mol. The van der Waals surface area contributed by atoms with Crippen LogP contribution in [-0.4, -0.2) is 46.9 Å². The van der Waals surface area contributed by atoms with Crippen LogP contribution in [0.2, 0.25) is 0 Å². The van der Waals surface area contributed by atoms with Gasteiger partial charge < -0.3 is 4.90 Å². The first-order valence-electron chi connectivity index (χ1n) is 9.61. The van der Waals surface area contributed by atoms with E-state index in [0.717, 1.165) is 50.0 Å². The molecule has 4 heteroatoms. The molecule has 0 bridgehead atoms. The van der Waals surface area contributed by atoms with Gasteiger partial charge in [-0.25, -0.2) is 0 Å². The molecule has 1 aromatic heterocycles. The summed E-state index contributed by atoms with van der Waals surface area (Å²) in [5.74, 6) is 2.46. The first kappa shape index (κ1) is 16.1. The Morgan fingerprint density at radius 2 is 2.12 bits per heavy atom. The van der Waals surface area contributed by atoms with Gasteiger partial charge in [-0.05, 0) is 69.5 Å². The normalized spacial score (nSPS) is 30.2. The summed E-state index contributed by atoms with van der Waals surface area (Å²) >= 11 is 0. The Kier molecular flexibility index (Phi) is 4.57. The fourth-order valence-corrected chi connectivity index (χ4v) is 4.39. The van der Waals surface area contributed by atoms with Crippen LogP contribution in [0.3, 0.4) is 0 Å². The third-order valence-electron chi connectivity index (χ3n) is 6.15. The lowest BCUT2D eigenvalue weighted by atomic mass is 10.1. The van der Waals surface area contributed by atoms with E-state index in [4.69, 9.17) is 0 Å². The van der Waals surface area contributed by atoms with E-state index in [9.17, 15) is 4.79 Å². The number of carbonyl (C=O) groups excluding carboxylic acids is 1. The SMILES string of the molecule is CN(Cc1ccccn1)C1CCCN(C(=O)C2CC2C2CC2)CC1. The molecule has 1 saturated heterocycles. The molecule has 3 unspecified atom stereocenters. The first-order valence-corrected chi connectivity index (χ1v) is 9.61. The summed E-state index contributed by atoms with van der Waals surface area (Å²) in [6, 6.07) is 6.66. The maximum absolute atomic E-state index is 12.7. The van der Waals surface area contributed by atoms with Gasteiger partial charge in [-0.2, -0.15) is 0 Å². The lowest BCUT2D eigenvalue weighted by Gasteiger charge is -2.27. The maximum atomic E-state index is 12.7. The molecule has 4 nitrogen and oxygen atoms in total. The number of nitrogens with zero attached hydrogens (tertiary/aromatic N) is 3. The third kappa shape index (κ3) is 3.64. The summed E-state index contributed by atoms with van der Waals surface area (Å²) in [5, 5.41) is 0. The fourth-order valence-electron chi connectivity index (χ4n) is 4.39. The number of hydrogen-bond donors (Lipinski definition) is 0. The monoisotopic (exact) mass is 327 g/mol. The fraction of sp³-hybridized carbons (Fsp3) is 0.700. The van der Waals surface area contributed by atoms with Gasteiger partial charge in [0.25, 0.3) is 0 Å². The standard InChI is InChI=1S/C20H29N3O/c1-22(14-16-5-2-3-10-21-16)17-6-4-11-23(12-9-17)20(24)19-13-18(19)15-7-8-15/h2-3,5,10,15,17-19H,4,6-9,11-14H2,1H3. The van der Waals surface area contributed by atoms with Gasteiger partial charge in [0.2, 0.25) is 5.91 Å². The van der Waals surface area contributed by atoms with Gasteiger partial charge in [0.15, 0.2) is 0 Å². The van der Waals surface area contributed by atoms with Crippen LogP contribution in [0.1, 0.15) is 44.2 Å². The first-order chi connectivity index (χ1) is 11.7. The van der Waals surface area contributed by atoms with Crippen molar-refractivity contribution in [1.29, 1.82) is 0 Å². The zero-order valence-electron chi connectivity index (χ0n) is 14.7. The van der Waals surface area contributed by atoms with E-state index in [0.29, 0.717) is 17.9 Å². The number of rotatable bonds is 5.